The van der Waals surface area contributed by atoms with Crippen LogP contribution in [0.1, 0.15) is 47.3 Å². The smallest absolute Gasteiger partial charge is 0.339 e. The molecule has 0 radical (unpaired) electrons. The molecule has 1 heterocycles. The highest BCUT2D eigenvalue weighted by Gasteiger charge is 2.23. The molecule has 0 spiro atoms. The van der Waals surface area contributed by atoms with Crippen LogP contribution in [0.2, 0.25) is 0 Å². The van der Waals surface area contributed by atoms with Crippen molar-refractivity contribution in [2.45, 2.75) is 38.5 Å². The van der Waals surface area contributed by atoms with Gasteiger partial charge >= 0.3 is 5.97 Å². The Morgan fingerprint density at radius 1 is 1.00 bits per heavy atom. The molecule has 0 bridgehead atoms. The monoisotopic (exact) mass is 466 g/mol. The molecule has 1 N–H and O–H groups in total. The number of rotatable bonds is 4. The van der Waals surface area contributed by atoms with Crippen molar-refractivity contribution in [3.63, 3.8) is 0 Å². The number of anilines is 1. The van der Waals surface area contributed by atoms with Crippen LogP contribution in [0.5, 0.6) is 0 Å². The number of esters is 1. The average Bonchev–Trinajstić information content (AvgIpc) is 2.72. The molecule has 0 saturated carbocycles. The predicted molar refractivity (Wildman–Crippen MR) is 121 cm³/mol. The molecule has 0 aliphatic heterocycles. The van der Waals surface area contributed by atoms with Gasteiger partial charge in [-0.2, -0.15) is 0 Å². The number of pyridine rings is 1. The third-order valence-electron chi connectivity index (χ3n) is 5.32. The van der Waals surface area contributed by atoms with Crippen LogP contribution >= 0.6 is 15.9 Å². The lowest BCUT2D eigenvalue weighted by Gasteiger charge is -2.18. The second-order valence-corrected chi connectivity index (χ2v) is 8.39. The van der Waals surface area contributed by atoms with Crippen LogP contribution in [0.25, 0.3) is 10.9 Å². The van der Waals surface area contributed by atoms with E-state index in [0.29, 0.717) is 11.3 Å². The highest BCUT2D eigenvalue weighted by Crippen LogP contribution is 2.29. The van der Waals surface area contributed by atoms with Crippen molar-refractivity contribution in [2.75, 3.05) is 11.9 Å². The first-order chi connectivity index (χ1) is 14.6. The summed E-state index contributed by atoms with van der Waals surface area (Å²) in [6.45, 7) is -0.337. The summed E-state index contributed by atoms with van der Waals surface area (Å²) in [5.41, 5.74) is 3.96. The van der Waals surface area contributed by atoms with E-state index >= 15 is 0 Å². The maximum Gasteiger partial charge on any atom is 0.339 e. The zero-order valence-electron chi connectivity index (χ0n) is 16.6. The molecule has 1 aliphatic rings. The van der Waals surface area contributed by atoms with Crippen LogP contribution in [0.15, 0.2) is 53.0 Å². The van der Waals surface area contributed by atoms with E-state index in [4.69, 9.17) is 9.72 Å². The summed E-state index contributed by atoms with van der Waals surface area (Å²) in [4.78, 5) is 30.2. The van der Waals surface area contributed by atoms with Crippen molar-refractivity contribution in [3.8, 4) is 0 Å². The second-order valence-electron chi connectivity index (χ2n) is 7.48. The van der Waals surface area contributed by atoms with Gasteiger partial charge in [0.15, 0.2) is 6.61 Å². The van der Waals surface area contributed by atoms with Gasteiger partial charge in [0.1, 0.15) is 0 Å². The molecule has 1 aliphatic carbocycles. The topological polar surface area (TPSA) is 68.3 Å². The van der Waals surface area contributed by atoms with Gasteiger partial charge in [-0.15, -0.1) is 0 Å². The number of aromatic nitrogens is 1. The Morgan fingerprint density at radius 3 is 2.63 bits per heavy atom. The minimum absolute atomic E-state index is 0.337. The maximum absolute atomic E-state index is 13.1. The Hall–Kier alpha value is -2.73. The first kappa shape index (κ1) is 20.5. The normalized spacial score (nSPS) is 13.8. The minimum atomic E-state index is -0.463. The number of fused-ring (bicyclic) bond motifs is 2. The fraction of sp³-hybridized carbons (Fsp3) is 0.292. The number of nitrogens with one attached hydrogen (secondary N) is 1. The molecule has 154 valence electrons. The minimum Gasteiger partial charge on any atom is -0.452 e. The predicted octanol–water partition coefficient (Wildman–Crippen LogP) is 5.45. The lowest BCUT2D eigenvalue weighted by atomic mass is 9.91. The Morgan fingerprint density at radius 2 is 1.80 bits per heavy atom. The Balaban J connectivity index is 1.57. The highest BCUT2D eigenvalue weighted by atomic mass is 79.9. The third kappa shape index (κ3) is 4.70. The lowest BCUT2D eigenvalue weighted by molar-refractivity contribution is -0.119. The molecule has 0 unspecified atom stereocenters. The molecule has 0 fully saturated rings. The van der Waals surface area contributed by atoms with E-state index in [1.807, 2.05) is 36.4 Å². The number of ether oxygens (including phenoxy) is 1. The quantitative estimate of drug-likeness (QED) is 0.518. The van der Waals surface area contributed by atoms with E-state index < -0.39 is 5.97 Å². The first-order valence-corrected chi connectivity index (χ1v) is 11.0. The number of hydrogen-bond acceptors (Lipinski definition) is 4. The second kappa shape index (κ2) is 9.39. The zero-order chi connectivity index (χ0) is 20.9. The number of hydrogen-bond donors (Lipinski definition) is 1. The summed E-state index contributed by atoms with van der Waals surface area (Å²) in [6.07, 6.45) is 6.10. The molecule has 6 heteroatoms. The van der Waals surface area contributed by atoms with Gasteiger partial charge < -0.3 is 10.1 Å². The van der Waals surface area contributed by atoms with Gasteiger partial charge in [-0.05, 0) is 55.5 Å². The molecule has 0 saturated heterocycles. The number of nitrogens with zero attached hydrogens (tertiary/aromatic N) is 1. The van der Waals surface area contributed by atoms with Crippen LogP contribution in [0, 0.1) is 0 Å². The maximum atomic E-state index is 13.1. The van der Waals surface area contributed by atoms with Crippen molar-refractivity contribution < 1.29 is 14.3 Å². The Bertz CT molecular complexity index is 1100. The fourth-order valence-electron chi connectivity index (χ4n) is 3.93. The van der Waals surface area contributed by atoms with E-state index in [1.165, 1.54) is 6.42 Å². The standard InChI is InChI=1S/C24H23BrN2O3/c25-16-8-7-9-17(14-16)26-22(28)15-30-24(29)23-18-10-3-1-2-4-12-20(18)27-21-13-6-5-11-19(21)23/h5-9,11,13-14H,1-4,10,12,15H2,(H,26,28). The van der Waals surface area contributed by atoms with E-state index in [0.717, 1.165) is 58.7 Å². The van der Waals surface area contributed by atoms with Crippen molar-refractivity contribution >= 4 is 44.4 Å². The van der Waals surface area contributed by atoms with Gasteiger partial charge in [0.05, 0.1) is 11.1 Å². The number of carbonyl (C=O) groups excluding carboxylic acids is 2. The molecular weight excluding hydrogens is 444 g/mol. The summed E-state index contributed by atoms with van der Waals surface area (Å²) in [5.74, 6) is -0.836. The van der Waals surface area contributed by atoms with Crippen LogP contribution < -0.4 is 5.32 Å². The van der Waals surface area contributed by atoms with Crippen molar-refractivity contribution in [2.24, 2.45) is 0 Å². The number of benzene rings is 2. The number of para-hydroxylation sites is 1. The van der Waals surface area contributed by atoms with Crippen molar-refractivity contribution in [1.82, 2.24) is 4.98 Å². The first-order valence-electron chi connectivity index (χ1n) is 10.2. The molecule has 5 nitrogen and oxygen atoms in total. The summed E-state index contributed by atoms with van der Waals surface area (Å²) >= 11 is 3.37. The largest absolute Gasteiger partial charge is 0.452 e. The summed E-state index contributed by atoms with van der Waals surface area (Å²) in [5, 5.41) is 3.54. The number of aryl methyl sites for hydroxylation is 1. The molecular formula is C24H23BrN2O3. The molecule has 0 atom stereocenters. The molecule has 4 rings (SSSR count). The van der Waals surface area contributed by atoms with E-state index in [2.05, 4.69) is 21.2 Å². The fourth-order valence-corrected chi connectivity index (χ4v) is 4.33. The third-order valence-corrected chi connectivity index (χ3v) is 5.81. The van der Waals surface area contributed by atoms with Crippen molar-refractivity contribution in [1.29, 1.82) is 0 Å². The molecule has 2 aromatic carbocycles. The molecule has 30 heavy (non-hydrogen) atoms. The number of amides is 1. The lowest BCUT2D eigenvalue weighted by Crippen LogP contribution is -2.22. The summed E-state index contributed by atoms with van der Waals surface area (Å²) in [7, 11) is 0. The van der Waals surface area contributed by atoms with Crippen LogP contribution in [-0.4, -0.2) is 23.5 Å². The average molecular weight is 467 g/mol. The van der Waals surface area contributed by atoms with Crippen LogP contribution in [0.3, 0.4) is 0 Å². The Labute approximate surface area is 184 Å². The molecule has 1 aromatic heterocycles. The van der Waals surface area contributed by atoms with Gasteiger partial charge in [0.2, 0.25) is 0 Å². The Kier molecular flexibility index (Phi) is 6.43. The number of halogens is 1. The molecule has 3 aromatic rings. The highest BCUT2D eigenvalue weighted by molar-refractivity contribution is 9.10. The van der Waals surface area contributed by atoms with Gasteiger partial charge in [-0.3, -0.25) is 9.78 Å². The van der Waals surface area contributed by atoms with E-state index in [9.17, 15) is 9.59 Å². The van der Waals surface area contributed by atoms with Crippen LogP contribution in [0.4, 0.5) is 5.69 Å². The van der Waals surface area contributed by atoms with Gasteiger partial charge in [0.25, 0.3) is 5.91 Å². The zero-order valence-corrected chi connectivity index (χ0v) is 18.2. The van der Waals surface area contributed by atoms with Crippen molar-refractivity contribution in [3.05, 3.63) is 69.8 Å². The number of carbonyl (C=O) groups is 2. The molecule has 1 amide bonds. The summed E-state index contributed by atoms with van der Waals surface area (Å²) < 4.78 is 6.31. The van der Waals surface area contributed by atoms with E-state index in [1.54, 1.807) is 12.1 Å². The van der Waals surface area contributed by atoms with E-state index in [-0.39, 0.29) is 12.5 Å². The van der Waals surface area contributed by atoms with Gasteiger partial charge in [-0.1, -0.05) is 53.0 Å². The van der Waals surface area contributed by atoms with Gasteiger partial charge in [-0.25, -0.2) is 4.79 Å². The SMILES string of the molecule is O=C(COC(=O)c1c2c(nc3ccccc13)CCCCCC2)Nc1cccc(Br)c1. The summed E-state index contributed by atoms with van der Waals surface area (Å²) in [6, 6.07) is 14.9. The van der Waals surface area contributed by atoms with Crippen LogP contribution in [-0.2, 0) is 22.4 Å². The van der Waals surface area contributed by atoms with Gasteiger partial charge in [0, 0.05) is 21.2 Å².